The molecule has 0 radical (unpaired) electrons. The highest BCUT2D eigenvalue weighted by Crippen LogP contribution is 2.26. The third-order valence-corrected chi connectivity index (χ3v) is 4.67. The van der Waals surface area contributed by atoms with Crippen LogP contribution < -0.4 is 5.32 Å². The van der Waals surface area contributed by atoms with Gasteiger partial charge >= 0.3 is 0 Å². The minimum Gasteiger partial charge on any atom is -0.385 e. The Morgan fingerprint density at radius 1 is 1.48 bits per heavy atom. The van der Waals surface area contributed by atoms with E-state index < -0.39 is 0 Å². The molecule has 21 heavy (non-hydrogen) atoms. The van der Waals surface area contributed by atoms with Crippen molar-refractivity contribution in [1.82, 2.24) is 14.5 Å². The summed E-state index contributed by atoms with van der Waals surface area (Å²) in [6, 6.07) is 0.196. The molecule has 2 rings (SSSR count). The molecule has 0 aliphatic rings. The maximum atomic E-state index is 5.07. The zero-order valence-electron chi connectivity index (χ0n) is 13.2. The molecule has 6 heteroatoms. The Kier molecular flexibility index (Phi) is 5.76. The fourth-order valence-electron chi connectivity index (χ4n) is 2.16. The van der Waals surface area contributed by atoms with Crippen molar-refractivity contribution >= 4 is 17.3 Å². The molecular formula is C15H24N4OS. The van der Waals surface area contributed by atoms with Gasteiger partial charge in [0.1, 0.15) is 5.01 Å². The first-order valence-corrected chi connectivity index (χ1v) is 8.20. The van der Waals surface area contributed by atoms with Crippen LogP contribution in [0, 0.1) is 6.92 Å². The molecule has 2 aromatic rings. The van der Waals surface area contributed by atoms with E-state index in [1.54, 1.807) is 18.4 Å². The summed E-state index contributed by atoms with van der Waals surface area (Å²) in [5.41, 5.74) is 1.02. The van der Waals surface area contributed by atoms with E-state index in [-0.39, 0.29) is 6.04 Å². The Morgan fingerprint density at radius 2 is 2.29 bits per heavy atom. The average molecular weight is 308 g/mol. The minimum atomic E-state index is 0.196. The van der Waals surface area contributed by atoms with E-state index in [4.69, 9.17) is 4.74 Å². The van der Waals surface area contributed by atoms with Crippen molar-refractivity contribution < 1.29 is 4.74 Å². The van der Waals surface area contributed by atoms with Crippen molar-refractivity contribution in [3.05, 3.63) is 28.0 Å². The van der Waals surface area contributed by atoms with Gasteiger partial charge < -0.3 is 14.6 Å². The van der Waals surface area contributed by atoms with Gasteiger partial charge in [0.15, 0.2) is 0 Å². The van der Waals surface area contributed by atoms with E-state index in [1.807, 2.05) is 13.1 Å². The van der Waals surface area contributed by atoms with Crippen molar-refractivity contribution in [3.8, 4) is 0 Å². The molecule has 0 bridgehead atoms. The SMILES string of the molecule is CCc1cnc(C(C)n2cc(C)nc2NCCCOC)s1. The molecule has 0 amide bonds. The van der Waals surface area contributed by atoms with Crippen LogP contribution in [0.3, 0.4) is 0 Å². The molecule has 0 saturated carbocycles. The fourth-order valence-corrected chi connectivity index (χ4v) is 3.06. The smallest absolute Gasteiger partial charge is 0.203 e. The van der Waals surface area contributed by atoms with Crippen LogP contribution in [-0.2, 0) is 11.2 Å². The lowest BCUT2D eigenvalue weighted by atomic mass is 10.3. The van der Waals surface area contributed by atoms with Crippen LogP contribution in [0.4, 0.5) is 5.95 Å². The lowest BCUT2D eigenvalue weighted by Crippen LogP contribution is -2.13. The number of ether oxygens (including phenoxy) is 1. The number of aryl methyl sites for hydroxylation is 2. The Balaban J connectivity index is 2.10. The van der Waals surface area contributed by atoms with Crippen LogP contribution in [0.2, 0.25) is 0 Å². The summed E-state index contributed by atoms with van der Waals surface area (Å²) in [5.74, 6) is 0.907. The van der Waals surface area contributed by atoms with Crippen LogP contribution in [0.1, 0.15) is 41.9 Å². The van der Waals surface area contributed by atoms with Gasteiger partial charge in [0.25, 0.3) is 0 Å². The maximum Gasteiger partial charge on any atom is 0.203 e. The summed E-state index contributed by atoms with van der Waals surface area (Å²) in [6.45, 7) is 7.96. The van der Waals surface area contributed by atoms with E-state index >= 15 is 0 Å². The molecular weight excluding hydrogens is 284 g/mol. The van der Waals surface area contributed by atoms with Gasteiger partial charge in [-0.15, -0.1) is 11.3 Å². The highest BCUT2D eigenvalue weighted by Gasteiger charge is 2.16. The van der Waals surface area contributed by atoms with Crippen LogP contribution in [0.15, 0.2) is 12.4 Å². The predicted octanol–water partition coefficient (Wildman–Crippen LogP) is 3.27. The molecule has 0 aliphatic carbocycles. The van der Waals surface area contributed by atoms with Gasteiger partial charge in [0.2, 0.25) is 5.95 Å². The van der Waals surface area contributed by atoms with Crippen LogP contribution >= 0.6 is 11.3 Å². The van der Waals surface area contributed by atoms with E-state index in [9.17, 15) is 0 Å². The molecule has 116 valence electrons. The zero-order chi connectivity index (χ0) is 15.2. The lowest BCUT2D eigenvalue weighted by molar-refractivity contribution is 0.197. The molecule has 0 saturated heterocycles. The van der Waals surface area contributed by atoms with Gasteiger partial charge in [-0.2, -0.15) is 0 Å². The predicted molar refractivity (Wildman–Crippen MR) is 87.3 cm³/mol. The van der Waals surface area contributed by atoms with Crippen molar-refractivity contribution in [2.75, 3.05) is 25.6 Å². The van der Waals surface area contributed by atoms with Gasteiger partial charge in [-0.1, -0.05) is 6.92 Å². The third-order valence-electron chi connectivity index (χ3n) is 3.36. The quantitative estimate of drug-likeness (QED) is 0.761. The summed E-state index contributed by atoms with van der Waals surface area (Å²) < 4.78 is 7.24. The molecule has 0 aliphatic heterocycles. The lowest BCUT2D eigenvalue weighted by Gasteiger charge is -2.14. The van der Waals surface area contributed by atoms with Crippen LogP contribution in [0.5, 0.6) is 0 Å². The van der Waals surface area contributed by atoms with Gasteiger partial charge in [-0.3, -0.25) is 0 Å². The van der Waals surface area contributed by atoms with Crippen LogP contribution in [-0.4, -0.2) is 34.8 Å². The van der Waals surface area contributed by atoms with Crippen molar-refractivity contribution in [2.24, 2.45) is 0 Å². The largest absolute Gasteiger partial charge is 0.385 e. The van der Waals surface area contributed by atoms with Gasteiger partial charge in [-0.05, 0) is 26.7 Å². The number of aromatic nitrogens is 3. The topological polar surface area (TPSA) is 52.0 Å². The highest BCUT2D eigenvalue weighted by atomic mass is 32.1. The van der Waals surface area contributed by atoms with E-state index in [0.717, 1.165) is 42.6 Å². The summed E-state index contributed by atoms with van der Waals surface area (Å²) in [6.07, 6.45) is 6.06. The molecule has 2 aromatic heterocycles. The number of imidazole rings is 1. The third kappa shape index (κ3) is 4.04. The van der Waals surface area contributed by atoms with E-state index in [1.165, 1.54) is 4.88 Å². The molecule has 5 nitrogen and oxygen atoms in total. The minimum absolute atomic E-state index is 0.196. The average Bonchev–Trinajstić information content (AvgIpc) is 3.09. The van der Waals surface area contributed by atoms with Gasteiger partial charge in [0, 0.05) is 37.5 Å². The molecule has 0 spiro atoms. The Hall–Kier alpha value is -1.40. The normalized spacial score (nSPS) is 12.6. The standard InChI is InChI=1S/C15H24N4OS/c1-5-13-9-17-14(21-13)12(3)19-10-11(2)18-15(19)16-7-6-8-20-4/h9-10,12H,5-8H2,1-4H3,(H,16,18). The summed E-state index contributed by atoms with van der Waals surface area (Å²) in [5, 5.41) is 4.52. The number of hydrogen-bond acceptors (Lipinski definition) is 5. The Morgan fingerprint density at radius 3 is 2.95 bits per heavy atom. The first-order chi connectivity index (χ1) is 10.2. The summed E-state index contributed by atoms with van der Waals surface area (Å²) in [7, 11) is 1.72. The summed E-state index contributed by atoms with van der Waals surface area (Å²) in [4.78, 5) is 10.4. The molecule has 0 fully saturated rings. The monoisotopic (exact) mass is 308 g/mol. The number of methoxy groups -OCH3 is 1. The number of anilines is 1. The molecule has 1 N–H and O–H groups in total. The van der Waals surface area contributed by atoms with Crippen LogP contribution in [0.25, 0.3) is 0 Å². The molecule has 1 unspecified atom stereocenters. The zero-order valence-corrected chi connectivity index (χ0v) is 14.0. The first kappa shape index (κ1) is 16.0. The van der Waals surface area contributed by atoms with E-state index in [2.05, 4.69) is 39.9 Å². The first-order valence-electron chi connectivity index (χ1n) is 7.38. The maximum absolute atomic E-state index is 5.07. The second-order valence-electron chi connectivity index (χ2n) is 5.08. The van der Waals surface area contributed by atoms with Gasteiger partial charge in [-0.25, -0.2) is 9.97 Å². The van der Waals surface area contributed by atoms with Gasteiger partial charge in [0.05, 0.1) is 11.7 Å². The second kappa shape index (κ2) is 7.56. The number of nitrogens with one attached hydrogen (secondary N) is 1. The Bertz CT molecular complexity index is 564. The number of nitrogens with zero attached hydrogens (tertiary/aromatic N) is 3. The van der Waals surface area contributed by atoms with Crippen molar-refractivity contribution in [1.29, 1.82) is 0 Å². The van der Waals surface area contributed by atoms with Crippen molar-refractivity contribution in [2.45, 2.75) is 39.7 Å². The Labute approximate surface area is 130 Å². The molecule has 2 heterocycles. The number of hydrogen-bond donors (Lipinski definition) is 1. The summed E-state index contributed by atoms with van der Waals surface area (Å²) >= 11 is 1.78. The molecule has 1 atom stereocenters. The fraction of sp³-hybridized carbons (Fsp3) is 0.600. The number of rotatable bonds is 8. The van der Waals surface area contributed by atoms with E-state index in [0.29, 0.717) is 0 Å². The second-order valence-corrected chi connectivity index (χ2v) is 6.23. The molecule has 0 aromatic carbocycles. The van der Waals surface area contributed by atoms with Crippen molar-refractivity contribution in [3.63, 3.8) is 0 Å². The highest BCUT2D eigenvalue weighted by molar-refractivity contribution is 7.11. The number of thiazole rings is 1.